The predicted octanol–water partition coefficient (Wildman–Crippen LogP) is 4.93. The Hall–Kier alpha value is -1.55. The second-order valence-corrected chi connectivity index (χ2v) is 14.8. The van der Waals surface area contributed by atoms with Crippen molar-refractivity contribution in [1.29, 1.82) is 0 Å². The smallest absolute Gasteiger partial charge is 0.271 e. The summed E-state index contributed by atoms with van der Waals surface area (Å²) in [4.78, 5) is 0.241. The van der Waals surface area contributed by atoms with Gasteiger partial charge in [-0.3, -0.25) is 0 Å². The Morgan fingerprint density at radius 2 is 1.81 bits per heavy atom. The van der Waals surface area contributed by atoms with Gasteiger partial charge in [0.25, 0.3) is 10.0 Å². The Morgan fingerprint density at radius 1 is 1.22 bits per heavy atom. The van der Waals surface area contributed by atoms with Crippen LogP contribution in [0.3, 0.4) is 0 Å². The first-order valence-electron chi connectivity index (χ1n) is 9.24. The van der Waals surface area contributed by atoms with Gasteiger partial charge in [0, 0.05) is 19.1 Å². The highest BCUT2D eigenvalue weighted by molar-refractivity contribution is 7.89. The normalized spacial score (nSPS) is 12.2. The van der Waals surface area contributed by atoms with Crippen molar-refractivity contribution in [2.75, 3.05) is 13.2 Å². The van der Waals surface area contributed by atoms with Crippen LogP contribution in [0.25, 0.3) is 0 Å². The first-order chi connectivity index (χ1) is 12.4. The van der Waals surface area contributed by atoms with Gasteiger partial charge in [-0.2, -0.15) is 0 Å². The summed E-state index contributed by atoms with van der Waals surface area (Å²) < 4.78 is 32.8. The molecule has 0 aliphatic heterocycles. The number of aryl methyl sites for hydroxylation is 1. The van der Waals surface area contributed by atoms with E-state index >= 15 is 0 Å². The molecule has 0 saturated carbocycles. The molecule has 0 heterocycles. The van der Waals surface area contributed by atoms with Crippen LogP contribution in [0, 0.1) is 18.9 Å². The fourth-order valence-corrected chi connectivity index (χ4v) is 4.32. The molecule has 0 atom stereocenters. The van der Waals surface area contributed by atoms with Gasteiger partial charge in [0.15, 0.2) is 8.32 Å². The molecule has 1 aromatic rings. The standard InChI is InChI=1S/C21H33NO3SSi/c1-8-16-22(26(23,24)20-14-12-19(2)13-15-20)17-10-9-11-18-25-27(6,7)21(3,4)5/h8,12-15H,1,9,11,16,18H2,2-7H3. The van der Waals surface area contributed by atoms with Crippen molar-refractivity contribution in [3.05, 3.63) is 42.5 Å². The highest BCUT2D eigenvalue weighted by atomic mass is 32.2. The predicted molar refractivity (Wildman–Crippen MR) is 115 cm³/mol. The van der Waals surface area contributed by atoms with Crippen LogP contribution in [-0.2, 0) is 14.4 Å². The fourth-order valence-electron chi connectivity index (χ4n) is 2.01. The highest BCUT2D eigenvalue weighted by Crippen LogP contribution is 2.36. The average molecular weight is 408 g/mol. The number of rotatable bonds is 8. The molecule has 0 amide bonds. The molecule has 0 bridgehead atoms. The van der Waals surface area contributed by atoms with Crippen LogP contribution in [0.15, 0.2) is 41.8 Å². The molecule has 0 aliphatic carbocycles. The maximum atomic E-state index is 12.8. The van der Waals surface area contributed by atoms with Gasteiger partial charge in [0.1, 0.15) is 0 Å². The van der Waals surface area contributed by atoms with Crippen molar-refractivity contribution >= 4 is 18.3 Å². The minimum absolute atomic E-state index is 0.156. The zero-order chi connectivity index (χ0) is 20.7. The van der Waals surface area contributed by atoms with E-state index in [0.717, 1.165) is 16.3 Å². The molecule has 4 nitrogen and oxygen atoms in total. The quantitative estimate of drug-likeness (QED) is 0.202. The lowest BCUT2D eigenvalue weighted by Crippen LogP contribution is -2.40. The maximum absolute atomic E-state index is 12.8. The zero-order valence-electron chi connectivity index (χ0n) is 17.5. The van der Waals surface area contributed by atoms with Crippen LogP contribution in [0.4, 0.5) is 0 Å². The Labute approximate surface area is 166 Å². The van der Waals surface area contributed by atoms with Gasteiger partial charge < -0.3 is 4.43 Å². The van der Waals surface area contributed by atoms with Crippen LogP contribution in [0.2, 0.25) is 18.1 Å². The summed E-state index contributed by atoms with van der Waals surface area (Å²) in [6.45, 7) is 17.4. The van der Waals surface area contributed by atoms with Crippen molar-refractivity contribution in [3.63, 3.8) is 0 Å². The fraction of sp³-hybridized carbons (Fsp3) is 0.524. The molecule has 150 valence electrons. The van der Waals surface area contributed by atoms with Crippen molar-refractivity contribution in [2.45, 2.75) is 63.6 Å². The molecule has 6 heteroatoms. The molecule has 0 aliphatic rings. The third-order valence-corrected chi connectivity index (χ3v) is 11.0. The Balaban J connectivity index is 2.71. The van der Waals surface area contributed by atoms with E-state index in [9.17, 15) is 8.42 Å². The topological polar surface area (TPSA) is 46.6 Å². The summed E-state index contributed by atoms with van der Waals surface area (Å²) in [5.74, 6) is 2.97. The van der Waals surface area contributed by atoms with E-state index in [1.54, 1.807) is 30.3 Å². The highest BCUT2D eigenvalue weighted by Gasteiger charge is 2.36. The summed E-state index contributed by atoms with van der Waals surface area (Å²) in [6.07, 6.45) is 2.92. The summed E-state index contributed by atoms with van der Waals surface area (Å²) in [5, 5.41) is 0.182. The van der Waals surface area contributed by atoms with Crippen LogP contribution >= 0.6 is 0 Å². The lowest BCUT2D eigenvalue weighted by molar-refractivity contribution is 0.284. The maximum Gasteiger partial charge on any atom is 0.271 e. The van der Waals surface area contributed by atoms with Gasteiger partial charge in [-0.15, -0.1) is 6.58 Å². The molecule has 0 spiro atoms. The van der Waals surface area contributed by atoms with E-state index in [4.69, 9.17) is 4.43 Å². The Morgan fingerprint density at radius 3 is 2.33 bits per heavy atom. The van der Waals surface area contributed by atoms with Gasteiger partial charge in [-0.25, -0.2) is 12.7 Å². The van der Waals surface area contributed by atoms with Crippen LogP contribution < -0.4 is 0 Å². The van der Waals surface area contributed by atoms with E-state index in [1.807, 2.05) is 6.92 Å². The van der Waals surface area contributed by atoms with E-state index in [2.05, 4.69) is 52.4 Å². The number of sulfonamides is 1. The van der Waals surface area contributed by atoms with Crippen molar-refractivity contribution in [2.24, 2.45) is 0 Å². The lowest BCUT2D eigenvalue weighted by Gasteiger charge is -2.36. The average Bonchev–Trinajstić information content (AvgIpc) is 2.56. The van der Waals surface area contributed by atoms with Gasteiger partial charge in [-0.1, -0.05) is 50.5 Å². The van der Waals surface area contributed by atoms with E-state index in [0.29, 0.717) is 13.0 Å². The largest absolute Gasteiger partial charge is 0.417 e. The molecule has 1 aromatic carbocycles. The summed E-state index contributed by atoms with van der Waals surface area (Å²) >= 11 is 0. The van der Waals surface area contributed by atoms with Gasteiger partial charge in [0.05, 0.1) is 11.4 Å². The molecule has 0 fully saturated rings. The van der Waals surface area contributed by atoms with Gasteiger partial charge >= 0.3 is 0 Å². The molecule has 27 heavy (non-hydrogen) atoms. The SMILES string of the molecule is C=CCN(C#CCCCO[Si](C)(C)C(C)(C)C)S(=O)(=O)c1ccc(C)cc1. The number of unbranched alkanes of at least 4 members (excludes halogenated alkanes) is 1. The number of hydrogen-bond acceptors (Lipinski definition) is 3. The zero-order valence-corrected chi connectivity index (χ0v) is 19.3. The molecule has 0 unspecified atom stereocenters. The molecule has 0 N–H and O–H groups in total. The van der Waals surface area contributed by atoms with Crippen LogP contribution in [0.1, 0.15) is 39.2 Å². The third-order valence-electron chi connectivity index (χ3n) is 4.82. The monoisotopic (exact) mass is 407 g/mol. The summed E-state index contributed by atoms with van der Waals surface area (Å²) in [6, 6.07) is 9.56. The van der Waals surface area contributed by atoms with Crippen LogP contribution in [0.5, 0.6) is 0 Å². The number of benzene rings is 1. The molecular weight excluding hydrogens is 374 g/mol. The third kappa shape index (κ3) is 6.84. The van der Waals surface area contributed by atoms with Crippen molar-refractivity contribution < 1.29 is 12.8 Å². The molecule has 0 saturated heterocycles. The van der Waals surface area contributed by atoms with Crippen LogP contribution in [-0.4, -0.2) is 34.2 Å². The number of hydrogen-bond donors (Lipinski definition) is 0. The first-order valence-corrected chi connectivity index (χ1v) is 13.6. The van der Waals surface area contributed by atoms with Crippen molar-refractivity contribution in [1.82, 2.24) is 4.31 Å². The van der Waals surface area contributed by atoms with E-state index < -0.39 is 18.3 Å². The molecule has 0 aromatic heterocycles. The van der Waals surface area contributed by atoms with E-state index in [-0.39, 0.29) is 16.5 Å². The number of nitrogens with zero attached hydrogens (tertiary/aromatic N) is 1. The van der Waals surface area contributed by atoms with Gasteiger partial charge in [-0.05, 0) is 43.6 Å². The minimum atomic E-state index is -3.65. The Bertz CT molecular complexity index is 781. The lowest BCUT2D eigenvalue weighted by atomic mass is 10.2. The van der Waals surface area contributed by atoms with E-state index in [1.165, 1.54) is 0 Å². The summed E-state index contributed by atoms with van der Waals surface area (Å²) in [7, 11) is -5.40. The van der Waals surface area contributed by atoms with Crippen molar-refractivity contribution in [3.8, 4) is 12.0 Å². The second-order valence-electron chi connectivity index (χ2n) is 8.14. The Kier molecular flexibility index (Phi) is 8.34. The summed E-state index contributed by atoms with van der Waals surface area (Å²) in [5.41, 5.74) is 1.01. The molecule has 1 rings (SSSR count). The molecular formula is C21H33NO3SSi. The molecule has 0 radical (unpaired) electrons. The van der Waals surface area contributed by atoms with Gasteiger partial charge in [0.2, 0.25) is 0 Å². The second kappa shape index (κ2) is 9.58. The first kappa shape index (κ1) is 23.5. The minimum Gasteiger partial charge on any atom is -0.417 e.